The predicted octanol–water partition coefficient (Wildman–Crippen LogP) is 3.87. The lowest BCUT2D eigenvalue weighted by Crippen LogP contribution is -2.19. The fraction of sp³-hybridized carbons (Fsp3) is 0.167. The van der Waals surface area contributed by atoms with E-state index in [-0.39, 0.29) is 6.03 Å². The third-order valence-electron chi connectivity index (χ3n) is 2.38. The Labute approximate surface area is 123 Å². The smallest absolute Gasteiger partial charge is 0.325 e. The van der Waals surface area contributed by atoms with E-state index in [0.717, 1.165) is 20.8 Å². The number of carbonyl (C=O) groups is 1. The minimum absolute atomic E-state index is 0.324. The molecule has 0 aliphatic rings. The topological polar surface area (TPSA) is 63.2 Å². The zero-order chi connectivity index (χ0) is 13.8. The summed E-state index contributed by atoms with van der Waals surface area (Å²) in [5, 5.41) is 5.97. The summed E-state index contributed by atoms with van der Waals surface area (Å²) in [6, 6.07) is 5.12. The molecule has 0 spiro atoms. The van der Waals surface area contributed by atoms with Gasteiger partial charge in [-0.25, -0.2) is 9.78 Å². The second-order valence-corrected chi connectivity index (χ2v) is 6.14. The Kier molecular flexibility index (Phi) is 4.39. The number of hydrogen-bond acceptors (Lipinski definition) is 4. The van der Waals surface area contributed by atoms with Crippen molar-refractivity contribution in [3.8, 4) is 5.75 Å². The Hall–Kier alpha value is -1.60. The van der Waals surface area contributed by atoms with Crippen LogP contribution < -0.4 is 15.4 Å². The number of methoxy groups -OCH3 is 1. The van der Waals surface area contributed by atoms with Crippen LogP contribution in [-0.4, -0.2) is 18.1 Å². The molecule has 0 saturated heterocycles. The van der Waals surface area contributed by atoms with E-state index >= 15 is 0 Å². The van der Waals surface area contributed by atoms with Crippen molar-refractivity contribution in [3.05, 3.63) is 33.7 Å². The molecule has 2 amide bonds. The molecular formula is C12H12BrN3O2S. The molecule has 0 atom stereocenters. The van der Waals surface area contributed by atoms with Crippen LogP contribution in [0, 0.1) is 6.92 Å². The van der Waals surface area contributed by atoms with Gasteiger partial charge in [0.25, 0.3) is 0 Å². The zero-order valence-electron chi connectivity index (χ0n) is 10.4. The highest BCUT2D eigenvalue weighted by molar-refractivity contribution is 9.11. The van der Waals surface area contributed by atoms with Crippen LogP contribution in [0.5, 0.6) is 5.75 Å². The first-order chi connectivity index (χ1) is 9.08. The fourth-order valence-electron chi connectivity index (χ4n) is 1.47. The van der Waals surface area contributed by atoms with Gasteiger partial charge < -0.3 is 10.1 Å². The Morgan fingerprint density at radius 3 is 2.79 bits per heavy atom. The number of hydrogen-bond donors (Lipinski definition) is 2. The summed E-state index contributed by atoms with van der Waals surface area (Å²) in [4.78, 5) is 15.8. The molecule has 2 aromatic rings. The lowest BCUT2D eigenvalue weighted by atomic mass is 10.2. The predicted molar refractivity (Wildman–Crippen MR) is 80.2 cm³/mol. The number of thiazole rings is 1. The van der Waals surface area contributed by atoms with Gasteiger partial charge in [0.2, 0.25) is 0 Å². The number of halogens is 1. The van der Waals surface area contributed by atoms with E-state index in [9.17, 15) is 4.79 Å². The minimum Gasteiger partial charge on any atom is -0.497 e. The fourth-order valence-corrected chi connectivity index (χ4v) is 2.57. The molecule has 0 unspecified atom stereocenters. The van der Waals surface area contributed by atoms with Gasteiger partial charge in [-0.15, -0.1) is 0 Å². The van der Waals surface area contributed by atoms with Gasteiger partial charge in [0.05, 0.1) is 17.1 Å². The maximum Gasteiger partial charge on any atom is 0.325 e. The summed E-state index contributed by atoms with van der Waals surface area (Å²) in [5.74, 6) is 0.757. The average molecular weight is 342 g/mol. The van der Waals surface area contributed by atoms with Crippen LogP contribution in [0.25, 0.3) is 0 Å². The van der Waals surface area contributed by atoms with Crippen LogP contribution in [0.2, 0.25) is 0 Å². The van der Waals surface area contributed by atoms with Crippen LogP contribution in [-0.2, 0) is 0 Å². The largest absolute Gasteiger partial charge is 0.497 e. The number of benzene rings is 1. The summed E-state index contributed by atoms with van der Waals surface area (Å²) in [5.41, 5.74) is 1.66. The van der Waals surface area contributed by atoms with Gasteiger partial charge in [0, 0.05) is 5.69 Å². The second kappa shape index (κ2) is 6.03. The maximum atomic E-state index is 11.8. The van der Waals surface area contributed by atoms with E-state index in [2.05, 4.69) is 31.5 Å². The average Bonchev–Trinajstić information content (AvgIpc) is 2.77. The molecule has 1 aromatic carbocycles. The van der Waals surface area contributed by atoms with Crippen molar-refractivity contribution < 1.29 is 9.53 Å². The van der Waals surface area contributed by atoms with Crippen molar-refractivity contribution in [1.29, 1.82) is 0 Å². The van der Waals surface area contributed by atoms with Crippen LogP contribution in [0.15, 0.2) is 28.2 Å². The highest BCUT2D eigenvalue weighted by Crippen LogP contribution is 2.24. The number of rotatable bonds is 3. The van der Waals surface area contributed by atoms with Gasteiger partial charge in [-0.2, -0.15) is 0 Å². The Morgan fingerprint density at radius 2 is 2.21 bits per heavy atom. The molecule has 0 aliphatic heterocycles. The van der Waals surface area contributed by atoms with Crippen LogP contribution in [0.4, 0.5) is 15.6 Å². The lowest BCUT2D eigenvalue weighted by Gasteiger charge is -2.09. The van der Waals surface area contributed by atoms with Gasteiger partial charge in [0.1, 0.15) is 5.75 Å². The highest BCUT2D eigenvalue weighted by atomic mass is 79.9. The van der Waals surface area contributed by atoms with Gasteiger partial charge >= 0.3 is 6.03 Å². The number of anilines is 2. The summed E-state index contributed by atoms with van der Waals surface area (Å²) in [6.07, 6.45) is 1.64. The molecule has 2 rings (SSSR count). The first kappa shape index (κ1) is 13.8. The van der Waals surface area contributed by atoms with Gasteiger partial charge in [-0.05, 0) is 46.6 Å². The van der Waals surface area contributed by atoms with E-state index in [4.69, 9.17) is 4.74 Å². The number of aryl methyl sites for hydroxylation is 1. The molecule has 2 N–H and O–H groups in total. The SMILES string of the molecule is COc1ccc(NC(=O)Nc2ncc(Br)s2)c(C)c1. The van der Waals surface area contributed by atoms with E-state index in [1.54, 1.807) is 25.4 Å². The van der Waals surface area contributed by atoms with Crippen molar-refractivity contribution in [1.82, 2.24) is 4.98 Å². The summed E-state index contributed by atoms with van der Waals surface area (Å²) in [6.45, 7) is 1.90. The van der Waals surface area contributed by atoms with E-state index in [1.165, 1.54) is 11.3 Å². The lowest BCUT2D eigenvalue weighted by molar-refractivity contribution is 0.262. The first-order valence-electron chi connectivity index (χ1n) is 5.42. The third kappa shape index (κ3) is 3.68. The minimum atomic E-state index is -0.324. The van der Waals surface area contributed by atoms with E-state index in [0.29, 0.717) is 5.13 Å². The van der Waals surface area contributed by atoms with E-state index in [1.807, 2.05) is 13.0 Å². The molecule has 5 nitrogen and oxygen atoms in total. The molecule has 100 valence electrons. The molecule has 0 radical (unpaired) electrons. The number of ether oxygens (including phenoxy) is 1. The van der Waals surface area contributed by atoms with Gasteiger partial charge in [0.15, 0.2) is 5.13 Å². The Morgan fingerprint density at radius 1 is 1.42 bits per heavy atom. The summed E-state index contributed by atoms with van der Waals surface area (Å²) >= 11 is 4.64. The van der Waals surface area contributed by atoms with Gasteiger partial charge in [-0.1, -0.05) is 11.3 Å². The van der Waals surface area contributed by atoms with Crippen molar-refractivity contribution in [3.63, 3.8) is 0 Å². The second-order valence-electron chi connectivity index (χ2n) is 3.73. The molecule has 0 fully saturated rings. The quantitative estimate of drug-likeness (QED) is 0.890. The van der Waals surface area contributed by atoms with Crippen molar-refractivity contribution in [2.24, 2.45) is 0 Å². The van der Waals surface area contributed by atoms with E-state index < -0.39 is 0 Å². The molecule has 0 saturated carbocycles. The monoisotopic (exact) mass is 341 g/mol. The standard InChI is InChI=1S/C12H12BrN3O2S/c1-7-5-8(18-2)3-4-9(7)15-11(17)16-12-14-6-10(13)19-12/h3-6H,1-2H3,(H2,14,15,16,17). The number of carbonyl (C=O) groups excluding carboxylic acids is 1. The third-order valence-corrected chi connectivity index (χ3v) is 3.77. The number of urea groups is 1. The van der Waals surface area contributed by atoms with Crippen LogP contribution in [0.1, 0.15) is 5.56 Å². The van der Waals surface area contributed by atoms with Crippen molar-refractivity contribution in [2.75, 3.05) is 17.7 Å². The van der Waals surface area contributed by atoms with Crippen molar-refractivity contribution in [2.45, 2.75) is 6.92 Å². The summed E-state index contributed by atoms with van der Waals surface area (Å²) < 4.78 is 5.98. The van der Waals surface area contributed by atoms with Gasteiger partial charge in [-0.3, -0.25) is 5.32 Å². The zero-order valence-corrected chi connectivity index (χ0v) is 12.8. The molecule has 1 heterocycles. The number of nitrogens with zero attached hydrogens (tertiary/aromatic N) is 1. The van der Waals surface area contributed by atoms with Crippen LogP contribution >= 0.6 is 27.3 Å². The number of nitrogens with one attached hydrogen (secondary N) is 2. The molecule has 0 aliphatic carbocycles. The number of aromatic nitrogens is 1. The molecule has 1 aromatic heterocycles. The maximum absolute atomic E-state index is 11.8. The van der Waals surface area contributed by atoms with Crippen LogP contribution in [0.3, 0.4) is 0 Å². The van der Waals surface area contributed by atoms with Crippen molar-refractivity contribution >= 4 is 44.1 Å². The molecule has 19 heavy (non-hydrogen) atoms. The Balaban J connectivity index is 2.02. The molecular weight excluding hydrogens is 330 g/mol. The number of amides is 2. The highest BCUT2D eigenvalue weighted by Gasteiger charge is 2.08. The molecule has 7 heteroatoms. The summed E-state index contributed by atoms with van der Waals surface area (Å²) in [7, 11) is 1.61. The normalized spacial score (nSPS) is 10.1. The Bertz CT molecular complexity index is 600. The first-order valence-corrected chi connectivity index (χ1v) is 7.03. The molecule has 0 bridgehead atoms.